The highest BCUT2D eigenvalue weighted by atomic mass is 14.7. The Labute approximate surface area is 122 Å². The first kappa shape index (κ1) is 13.4. The average Bonchev–Trinajstić information content (AvgIpc) is 2.45. The van der Waals surface area contributed by atoms with E-state index in [1.54, 1.807) is 0 Å². The van der Waals surface area contributed by atoms with Crippen LogP contribution >= 0.6 is 0 Å². The summed E-state index contributed by atoms with van der Waals surface area (Å²) < 4.78 is 0. The van der Waals surface area contributed by atoms with Crippen LogP contribution in [0.2, 0.25) is 0 Å². The Morgan fingerprint density at radius 3 is 1.15 bits per heavy atom. The molecular weight excluding hydrogens is 240 g/mol. The van der Waals surface area contributed by atoms with Crippen molar-refractivity contribution in [1.29, 1.82) is 0 Å². The molecule has 0 bridgehead atoms. The Morgan fingerprint density at radius 1 is 0.550 bits per heavy atom. The molecule has 0 heteroatoms. The minimum absolute atomic E-state index is 0.314. The molecule has 3 rings (SSSR count). The van der Waals surface area contributed by atoms with Crippen molar-refractivity contribution in [3.05, 3.63) is 71.8 Å². The van der Waals surface area contributed by atoms with Gasteiger partial charge in [0.05, 0.1) is 0 Å². The van der Waals surface area contributed by atoms with Crippen LogP contribution in [0.25, 0.3) is 0 Å². The fourth-order valence-electron chi connectivity index (χ4n) is 4.08. The van der Waals surface area contributed by atoms with Gasteiger partial charge in [0.15, 0.2) is 0 Å². The zero-order valence-electron chi connectivity index (χ0n) is 12.9. The molecule has 0 aromatic heterocycles. The quantitative estimate of drug-likeness (QED) is 0.660. The molecule has 0 amide bonds. The largest absolute Gasteiger partial charge is 0.0622 e. The van der Waals surface area contributed by atoms with Crippen molar-refractivity contribution in [2.24, 2.45) is 10.8 Å². The molecule has 1 aliphatic carbocycles. The third kappa shape index (κ3) is 1.74. The van der Waals surface area contributed by atoms with E-state index in [2.05, 4.69) is 88.4 Å². The summed E-state index contributed by atoms with van der Waals surface area (Å²) in [6, 6.07) is 22.0. The van der Waals surface area contributed by atoms with Gasteiger partial charge in [-0.1, -0.05) is 88.4 Å². The molecule has 20 heavy (non-hydrogen) atoms. The molecule has 0 saturated heterocycles. The van der Waals surface area contributed by atoms with Crippen LogP contribution < -0.4 is 0 Å². The Morgan fingerprint density at radius 2 is 0.850 bits per heavy atom. The van der Waals surface area contributed by atoms with E-state index in [0.717, 1.165) is 0 Å². The highest BCUT2D eigenvalue weighted by molar-refractivity contribution is 5.39. The normalized spacial score (nSPS) is 26.8. The Kier molecular flexibility index (Phi) is 3.01. The van der Waals surface area contributed by atoms with Crippen molar-refractivity contribution in [2.75, 3.05) is 0 Å². The van der Waals surface area contributed by atoms with E-state index in [0.29, 0.717) is 22.7 Å². The maximum Gasteiger partial charge on any atom is -0.00311 e. The number of rotatable bonds is 2. The summed E-state index contributed by atoms with van der Waals surface area (Å²) in [5.74, 6) is 1.20. The van der Waals surface area contributed by atoms with E-state index in [4.69, 9.17) is 0 Å². The molecule has 0 heterocycles. The maximum absolute atomic E-state index is 2.42. The van der Waals surface area contributed by atoms with E-state index in [1.165, 1.54) is 11.1 Å². The van der Waals surface area contributed by atoms with Gasteiger partial charge in [0.2, 0.25) is 0 Å². The minimum atomic E-state index is 0.314. The molecule has 0 nitrogen and oxygen atoms in total. The molecule has 1 fully saturated rings. The summed E-state index contributed by atoms with van der Waals surface area (Å²) in [7, 11) is 0. The minimum Gasteiger partial charge on any atom is -0.0622 e. The van der Waals surface area contributed by atoms with Crippen molar-refractivity contribution in [1.82, 2.24) is 0 Å². The van der Waals surface area contributed by atoms with Crippen LogP contribution in [0.3, 0.4) is 0 Å². The van der Waals surface area contributed by atoms with Gasteiger partial charge in [-0.15, -0.1) is 0 Å². The molecule has 2 aromatic rings. The lowest BCUT2D eigenvalue weighted by atomic mass is 9.38. The SMILES string of the molecule is CC1(C)[C@H](c2ccccc2)[C@@H](c2ccccc2)C1(C)C. The summed E-state index contributed by atoms with van der Waals surface area (Å²) in [6.07, 6.45) is 0. The number of hydrogen-bond donors (Lipinski definition) is 0. The van der Waals surface area contributed by atoms with Gasteiger partial charge < -0.3 is 0 Å². The van der Waals surface area contributed by atoms with E-state index in [9.17, 15) is 0 Å². The molecular formula is C20H24. The zero-order chi connectivity index (χ0) is 14.4. The van der Waals surface area contributed by atoms with E-state index in [-0.39, 0.29) is 0 Å². The number of hydrogen-bond acceptors (Lipinski definition) is 0. The summed E-state index contributed by atoms with van der Waals surface area (Å²) in [5, 5.41) is 0. The van der Waals surface area contributed by atoms with Crippen LogP contribution in [0, 0.1) is 10.8 Å². The highest BCUT2D eigenvalue weighted by Crippen LogP contribution is 2.71. The predicted molar refractivity (Wildman–Crippen MR) is 85.9 cm³/mol. The molecule has 0 spiro atoms. The van der Waals surface area contributed by atoms with Crippen LogP contribution in [0.1, 0.15) is 50.7 Å². The first-order chi connectivity index (χ1) is 9.46. The van der Waals surface area contributed by atoms with E-state index < -0.39 is 0 Å². The van der Waals surface area contributed by atoms with Crippen LogP contribution in [0.5, 0.6) is 0 Å². The molecule has 2 aromatic carbocycles. The van der Waals surface area contributed by atoms with Gasteiger partial charge in [-0.2, -0.15) is 0 Å². The third-order valence-corrected chi connectivity index (χ3v) is 5.87. The fraction of sp³-hybridized carbons (Fsp3) is 0.400. The van der Waals surface area contributed by atoms with Gasteiger partial charge in [0.25, 0.3) is 0 Å². The van der Waals surface area contributed by atoms with Gasteiger partial charge >= 0.3 is 0 Å². The van der Waals surface area contributed by atoms with Crippen LogP contribution in [0.4, 0.5) is 0 Å². The Bertz CT molecular complexity index is 522. The van der Waals surface area contributed by atoms with Gasteiger partial charge in [-0.05, 0) is 33.8 Å². The molecule has 104 valence electrons. The van der Waals surface area contributed by atoms with Gasteiger partial charge in [0, 0.05) is 0 Å². The molecule has 1 saturated carbocycles. The van der Waals surface area contributed by atoms with Crippen LogP contribution in [0.15, 0.2) is 60.7 Å². The second kappa shape index (κ2) is 4.48. The number of benzene rings is 2. The molecule has 1 aliphatic rings. The van der Waals surface area contributed by atoms with Crippen molar-refractivity contribution >= 4 is 0 Å². The van der Waals surface area contributed by atoms with E-state index in [1.807, 2.05) is 0 Å². The highest BCUT2D eigenvalue weighted by Gasteiger charge is 2.62. The molecule has 0 N–H and O–H groups in total. The fourth-order valence-corrected chi connectivity index (χ4v) is 4.08. The second-order valence-corrected chi connectivity index (χ2v) is 7.22. The molecule has 0 unspecified atom stereocenters. The first-order valence-corrected chi connectivity index (χ1v) is 7.56. The first-order valence-electron chi connectivity index (χ1n) is 7.56. The van der Waals surface area contributed by atoms with Crippen LogP contribution in [-0.2, 0) is 0 Å². The predicted octanol–water partition coefficient (Wildman–Crippen LogP) is 5.62. The van der Waals surface area contributed by atoms with E-state index >= 15 is 0 Å². The summed E-state index contributed by atoms with van der Waals surface area (Å²) in [5.41, 5.74) is 3.58. The summed E-state index contributed by atoms with van der Waals surface area (Å²) in [4.78, 5) is 0. The monoisotopic (exact) mass is 264 g/mol. The maximum atomic E-state index is 2.42. The molecule has 2 atom stereocenters. The second-order valence-electron chi connectivity index (χ2n) is 7.22. The van der Waals surface area contributed by atoms with Crippen molar-refractivity contribution < 1.29 is 0 Å². The molecule has 0 aliphatic heterocycles. The molecule has 0 radical (unpaired) electrons. The van der Waals surface area contributed by atoms with Gasteiger partial charge in [0.1, 0.15) is 0 Å². The standard InChI is InChI=1S/C20H24/c1-19(2)17(15-11-7-5-8-12-15)18(20(19,3)4)16-13-9-6-10-14-16/h5-14,17-18H,1-4H3/t17-,18-/m1/s1. The van der Waals surface area contributed by atoms with Crippen LogP contribution in [-0.4, -0.2) is 0 Å². The topological polar surface area (TPSA) is 0 Å². The Hall–Kier alpha value is -1.56. The summed E-state index contributed by atoms with van der Waals surface area (Å²) >= 11 is 0. The lowest BCUT2D eigenvalue weighted by molar-refractivity contribution is -0.0803. The van der Waals surface area contributed by atoms with Crippen molar-refractivity contribution in [3.63, 3.8) is 0 Å². The third-order valence-electron chi connectivity index (χ3n) is 5.87. The zero-order valence-corrected chi connectivity index (χ0v) is 12.9. The smallest absolute Gasteiger partial charge is 0.00311 e. The lowest BCUT2D eigenvalue weighted by Gasteiger charge is -2.65. The van der Waals surface area contributed by atoms with Gasteiger partial charge in [-0.25, -0.2) is 0 Å². The summed E-state index contributed by atoms with van der Waals surface area (Å²) in [6.45, 7) is 9.68. The van der Waals surface area contributed by atoms with Crippen molar-refractivity contribution in [3.8, 4) is 0 Å². The van der Waals surface area contributed by atoms with Gasteiger partial charge in [-0.3, -0.25) is 0 Å². The Balaban J connectivity index is 2.07. The lowest BCUT2D eigenvalue weighted by Crippen LogP contribution is -2.56. The average molecular weight is 264 g/mol. The van der Waals surface area contributed by atoms with Crippen molar-refractivity contribution in [2.45, 2.75) is 39.5 Å².